The van der Waals surface area contributed by atoms with Crippen LogP contribution in [0, 0.1) is 0 Å². The second kappa shape index (κ2) is 7.32. The molecule has 0 saturated carbocycles. The number of carbonyl (C=O) groups excluding carboxylic acids is 1. The van der Waals surface area contributed by atoms with E-state index >= 15 is 0 Å². The summed E-state index contributed by atoms with van der Waals surface area (Å²) in [7, 11) is 3.10. The first-order chi connectivity index (χ1) is 10.5. The summed E-state index contributed by atoms with van der Waals surface area (Å²) in [6.07, 6.45) is 0. The highest BCUT2D eigenvalue weighted by atomic mass is 32.2. The molecule has 1 amide bonds. The van der Waals surface area contributed by atoms with Crippen LogP contribution in [-0.2, 0) is 4.79 Å². The lowest BCUT2D eigenvalue weighted by atomic mass is 10.2. The second-order valence-corrected chi connectivity index (χ2v) is 6.82. The molecule has 0 aliphatic rings. The predicted octanol–water partition coefficient (Wildman–Crippen LogP) is 2.26. The maximum Gasteiger partial charge on any atom is 0.237 e. The number of nitrogens with one attached hydrogen (secondary N) is 1. The van der Waals surface area contributed by atoms with Crippen LogP contribution in [0.25, 0.3) is 0 Å². The van der Waals surface area contributed by atoms with E-state index in [1.165, 1.54) is 23.1 Å². The van der Waals surface area contributed by atoms with Gasteiger partial charge in [-0.1, -0.05) is 23.1 Å². The predicted molar refractivity (Wildman–Crippen MR) is 87.8 cm³/mol. The minimum absolute atomic E-state index is 0.176. The molecule has 1 aromatic carbocycles. The first-order valence-electron chi connectivity index (χ1n) is 6.32. The van der Waals surface area contributed by atoms with Crippen molar-refractivity contribution >= 4 is 39.8 Å². The Morgan fingerprint density at radius 3 is 2.73 bits per heavy atom. The molecule has 2 rings (SSSR count). The number of rotatable bonds is 6. The quantitative estimate of drug-likeness (QED) is 0.778. The first kappa shape index (κ1) is 16.4. The third kappa shape index (κ3) is 4.01. The van der Waals surface area contributed by atoms with Gasteiger partial charge in [0.1, 0.15) is 11.5 Å². The summed E-state index contributed by atoms with van der Waals surface area (Å²) in [5, 5.41) is 10.5. The molecule has 9 heteroatoms. The molecule has 1 unspecified atom stereocenters. The molecule has 118 valence electrons. The van der Waals surface area contributed by atoms with Gasteiger partial charge in [-0.3, -0.25) is 4.79 Å². The molecule has 0 saturated heterocycles. The number of nitrogen functional groups attached to an aromatic ring is 1. The third-order valence-corrected chi connectivity index (χ3v) is 4.67. The molecule has 0 spiro atoms. The highest BCUT2D eigenvalue weighted by molar-refractivity contribution is 8.02. The Morgan fingerprint density at radius 2 is 2.14 bits per heavy atom. The van der Waals surface area contributed by atoms with Gasteiger partial charge in [0.2, 0.25) is 11.0 Å². The van der Waals surface area contributed by atoms with Crippen molar-refractivity contribution in [2.24, 2.45) is 0 Å². The molecule has 1 aromatic heterocycles. The van der Waals surface area contributed by atoms with E-state index in [4.69, 9.17) is 15.2 Å². The number of methoxy groups -OCH3 is 2. The van der Waals surface area contributed by atoms with Gasteiger partial charge in [-0.25, -0.2) is 0 Å². The minimum atomic E-state index is -0.358. The lowest BCUT2D eigenvalue weighted by Crippen LogP contribution is -2.22. The van der Waals surface area contributed by atoms with Gasteiger partial charge in [-0.2, -0.15) is 0 Å². The van der Waals surface area contributed by atoms with Crippen molar-refractivity contribution in [1.82, 2.24) is 10.2 Å². The summed E-state index contributed by atoms with van der Waals surface area (Å²) in [5.41, 5.74) is 6.08. The van der Waals surface area contributed by atoms with E-state index in [9.17, 15) is 4.79 Å². The Labute approximate surface area is 136 Å². The van der Waals surface area contributed by atoms with Crippen molar-refractivity contribution < 1.29 is 14.3 Å². The van der Waals surface area contributed by atoms with Crippen LogP contribution in [0.2, 0.25) is 0 Å². The molecule has 0 aliphatic carbocycles. The molecular weight excluding hydrogens is 324 g/mol. The average molecular weight is 340 g/mol. The maximum absolute atomic E-state index is 12.3. The Balaban J connectivity index is 2.07. The van der Waals surface area contributed by atoms with Crippen LogP contribution >= 0.6 is 23.1 Å². The average Bonchev–Trinajstić information content (AvgIpc) is 2.92. The van der Waals surface area contributed by atoms with E-state index in [2.05, 4.69) is 15.5 Å². The smallest absolute Gasteiger partial charge is 0.237 e. The third-order valence-electron chi connectivity index (χ3n) is 2.73. The number of ether oxygens (including phenoxy) is 2. The topological polar surface area (TPSA) is 99.4 Å². The van der Waals surface area contributed by atoms with Crippen molar-refractivity contribution in [2.75, 3.05) is 25.3 Å². The summed E-state index contributed by atoms with van der Waals surface area (Å²) >= 11 is 2.54. The molecule has 22 heavy (non-hydrogen) atoms. The van der Waals surface area contributed by atoms with Crippen molar-refractivity contribution in [3.05, 3.63) is 18.2 Å². The Morgan fingerprint density at radius 1 is 1.36 bits per heavy atom. The van der Waals surface area contributed by atoms with Gasteiger partial charge >= 0.3 is 0 Å². The molecule has 0 radical (unpaired) electrons. The van der Waals surface area contributed by atoms with E-state index in [1.807, 2.05) is 0 Å². The monoisotopic (exact) mass is 340 g/mol. The van der Waals surface area contributed by atoms with Crippen LogP contribution in [0.1, 0.15) is 6.92 Å². The highest BCUT2D eigenvalue weighted by Crippen LogP contribution is 2.31. The van der Waals surface area contributed by atoms with Gasteiger partial charge in [-0.05, 0) is 19.1 Å². The van der Waals surface area contributed by atoms with Gasteiger partial charge < -0.3 is 20.5 Å². The van der Waals surface area contributed by atoms with Gasteiger partial charge in [0.25, 0.3) is 0 Å². The normalized spacial score (nSPS) is 11.8. The van der Waals surface area contributed by atoms with Gasteiger partial charge in [0.15, 0.2) is 4.34 Å². The molecule has 2 aromatic rings. The van der Waals surface area contributed by atoms with Crippen molar-refractivity contribution in [1.29, 1.82) is 0 Å². The van der Waals surface area contributed by atoms with Gasteiger partial charge in [-0.15, -0.1) is 10.2 Å². The number of carbonyl (C=O) groups is 1. The molecular formula is C13H16N4O3S2. The van der Waals surface area contributed by atoms with Crippen LogP contribution in [0.3, 0.4) is 0 Å². The fourth-order valence-electron chi connectivity index (χ4n) is 1.62. The standard InChI is InChI=1S/C13H16N4O3S2/c1-7(21-13-17-16-12(14)22-13)11(18)15-9-6-8(19-2)4-5-10(9)20-3/h4-7H,1-3H3,(H2,14,16)(H,15,18). The number of thioether (sulfide) groups is 1. The Kier molecular flexibility index (Phi) is 5.45. The Bertz CT molecular complexity index is 662. The summed E-state index contributed by atoms with van der Waals surface area (Å²) < 4.78 is 11.0. The van der Waals surface area contributed by atoms with Crippen LogP contribution in [0.15, 0.2) is 22.5 Å². The molecule has 3 N–H and O–H groups in total. The second-order valence-electron chi connectivity index (χ2n) is 4.22. The van der Waals surface area contributed by atoms with Crippen LogP contribution in [0.4, 0.5) is 10.8 Å². The largest absolute Gasteiger partial charge is 0.497 e. The molecule has 0 aliphatic heterocycles. The van der Waals surface area contributed by atoms with E-state index in [-0.39, 0.29) is 11.2 Å². The molecule has 0 fully saturated rings. The number of amides is 1. The number of hydrogen-bond donors (Lipinski definition) is 2. The number of hydrogen-bond acceptors (Lipinski definition) is 8. The zero-order chi connectivity index (χ0) is 16.1. The molecule has 1 heterocycles. The zero-order valence-corrected chi connectivity index (χ0v) is 14.0. The van der Waals surface area contributed by atoms with E-state index in [0.717, 1.165) is 0 Å². The summed E-state index contributed by atoms with van der Waals surface area (Å²) in [5.74, 6) is 1.02. The fourth-order valence-corrected chi connectivity index (χ4v) is 3.40. The highest BCUT2D eigenvalue weighted by Gasteiger charge is 2.18. The van der Waals surface area contributed by atoms with Crippen LogP contribution in [-0.4, -0.2) is 35.6 Å². The number of anilines is 2. The lowest BCUT2D eigenvalue weighted by Gasteiger charge is -2.14. The van der Waals surface area contributed by atoms with Gasteiger partial charge in [0, 0.05) is 6.07 Å². The van der Waals surface area contributed by atoms with E-state index in [0.29, 0.717) is 26.7 Å². The summed E-state index contributed by atoms with van der Waals surface area (Å²) in [4.78, 5) is 12.3. The van der Waals surface area contributed by atoms with Crippen molar-refractivity contribution in [3.8, 4) is 11.5 Å². The number of nitrogens with zero attached hydrogens (tertiary/aromatic N) is 2. The van der Waals surface area contributed by atoms with E-state index in [1.54, 1.807) is 39.3 Å². The summed E-state index contributed by atoms with van der Waals surface area (Å²) in [6.45, 7) is 1.78. The van der Waals surface area contributed by atoms with Crippen LogP contribution < -0.4 is 20.5 Å². The fraction of sp³-hybridized carbons (Fsp3) is 0.308. The zero-order valence-electron chi connectivity index (χ0n) is 12.3. The summed E-state index contributed by atoms with van der Waals surface area (Å²) in [6, 6.07) is 5.20. The van der Waals surface area contributed by atoms with Crippen molar-refractivity contribution in [3.63, 3.8) is 0 Å². The molecule has 0 bridgehead atoms. The SMILES string of the molecule is COc1ccc(OC)c(NC(=O)C(C)Sc2nnc(N)s2)c1. The number of aromatic nitrogens is 2. The molecule has 1 atom stereocenters. The van der Waals surface area contributed by atoms with E-state index < -0.39 is 0 Å². The van der Waals surface area contributed by atoms with Crippen LogP contribution in [0.5, 0.6) is 11.5 Å². The number of nitrogens with two attached hydrogens (primary N) is 1. The minimum Gasteiger partial charge on any atom is -0.497 e. The maximum atomic E-state index is 12.3. The van der Waals surface area contributed by atoms with Gasteiger partial charge in [0.05, 0.1) is 25.2 Å². The lowest BCUT2D eigenvalue weighted by molar-refractivity contribution is -0.115. The first-order valence-corrected chi connectivity index (χ1v) is 8.01. The molecule has 7 nitrogen and oxygen atoms in total. The number of benzene rings is 1. The van der Waals surface area contributed by atoms with Crippen molar-refractivity contribution in [2.45, 2.75) is 16.5 Å². The Hall–Kier alpha value is -2.00.